The van der Waals surface area contributed by atoms with E-state index >= 15 is 0 Å². The monoisotopic (exact) mass is 337 g/mol. The molecule has 0 spiro atoms. The summed E-state index contributed by atoms with van der Waals surface area (Å²) in [6.45, 7) is 0. The Bertz CT molecular complexity index is 868. The predicted molar refractivity (Wildman–Crippen MR) is 86.0 cm³/mol. The van der Waals surface area contributed by atoms with E-state index in [9.17, 15) is 13.2 Å². The molecule has 0 atom stereocenters. The molecular formula is C16H11ClF3N3. The van der Waals surface area contributed by atoms with Crippen molar-refractivity contribution in [2.24, 2.45) is 5.10 Å². The molecule has 2 N–H and O–H groups in total. The fourth-order valence-corrected chi connectivity index (χ4v) is 2.32. The van der Waals surface area contributed by atoms with Gasteiger partial charge in [-0.05, 0) is 24.3 Å². The van der Waals surface area contributed by atoms with Gasteiger partial charge in [0.1, 0.15) is 0 Å². The number of benzene rings is 2. The number of H-pyrrole nitrogens is 1. The molecule has 1 heterocycles. The number of rotatable bonds is 3. The van der Waals surface area contributed by atoms with Crippen molar-refractivity contribution in [3.63, 3.8) is 0 Å². The molecule has 0 aliphatic heterocycles. The molecule has 7 heteroatoms. The van der Waals surface area contributed by atoms with Crippen LogP contribution in [0.4, 0.5) is 18.9 Å². The lowest BCUT2D eigenvalue weighted by molar-refractivity contribution is -0.137. The SMILES string of the molecule is FC(F)(F)c1ccc(Cl)c(NN=Cc2c[nH]c3ccccc23)c1. The van der Waals surface area contributed by atoms with Crippen LogP contribution in [0.5, 0.6) is 0 Å². The minimum Gasteiger partial charge on any atom is -0.361 e. The molecule has 3 aromatic rings. The number of para-hydroxylation sites is 1. The molecule has 23 heavy (non-hydrogen) atoms. The summed E-state index contributed by atoms with van der Waals surface area (Å²) < 4.78 is 38.1. The molecule has 1 aromatic heterocycles. The van der Waals surface area contributed by atoms with Crippen molar-refractivity contribution in [2.75, 3.05) is 5.43 Å². The molecule has 0 radical (unpaired) electrons. The highest BCUT2D eigenvalue weighted by molar-refractivity contribution is 6.33. The normalized spacial score (nSPS) is 12.2. The largest absolute Gasteiger partial charge is 0.416 e. The van der Waals surface area contributed by atoms with E-state index in [4.69, 9.17) is 11.6 Å². The zero-order valence-corrected chi connectivity index (χ0v) is 12.4. The van der Waals surface area contributed by atoms with Gasteiger partial charge in [-0.15, -0.1) is 0 Å². The van der Waals surface area contributed by atoms with Gasteiger partial charge in [0.15, 0.2) is 0 Å². The van der Waals surface area contributed by atoms with Gasteiger partial charge in [-0.3, -0.25) is 5.43 Å². The number of nitrogens with one attached hydrogen (secondary N) is 2. The molecule has 3 nitrogen and oxygen atoms in total. The summed E-state index contributed by atoms with van der Waals surface area (Å²) in [5.41, 5.74) is 3.63. The van der Waals surface area contributed by atoms with Crippen molar-refractivity contribution in [3.05, 3.63) is 64.8 Å². The van der Waals surface area contributed by atoms with Gasteiger partial charge in [0, 0.05) is 22.7 Å². The number of alkyl halides is 3. The first-order valence-corrected chi connectivity index (χ1v) is 7.05. The Labute approximate surface area is 134 Å². The highest BCUT2D eigenvalue weighted by atomic mass is 35.5. The van der Waals surface area contributed by atoms with E-state index in [0.29, 0.717) is 0 Å². The lowest BCUT2D eigenvalue weighted by Gasteiger charge is -2.09. The number of anilines is 1. The second-order valence-electron chi connectivity index (χ2n) is 4.85. The van der Waals surface area contributed by atoms with Crippen LogP contribution in [0.15, 0.2) is 53.8 Å². The average molecular weight is 338 g/mol. The number of halogens is 4. The molecule has 0 unspecified atom stereocenters. The molecule has 3 rings (SSSR count). The van der Waals surface area contributed by atoms with Crippen molar-refractivity contribution in [3.8, 4) is 0 Å². The van der Waals surface area contributed by atoms with Crippen LogP contribution < -0.4 is 5.43 Å². The van der Waals surface area contributed by atoms with Crippen molar-refractivity contribution in [1.29, 1.82) is 0 Å². The first kappa shape index (κ1) is 15.4. The Morgan fingerprint density at radius 1 is 1.13 bits per heavy atom. The molecular weight excluding hydrogens is 327 g/mol. The number of hydrogen-bond donors (Lipinski definition) is 2. The van der Waals surface area contributed by atoms with Crippen LogP contribution in [0, 0.1) is 0 Å². The summed E-state index contributed by atoms with van der Waals surface area (Å²) in [5.74, 6) is 0. The van der Waals surface area contributed by atoms with Gasteiger partial charge < -0.3 is 4.98 Å². The zero-order chi connectivity index (χ0) is 16.4. The number of aromatic amines is 1. The summed E-state index contributed by atoms with van der Waals surface area (Å²) in [6, 6.07) is 10.7. The third kappa shape index (κ3) is 3.32. The van der Waals surface area contributed by atoms with E-state index in [-0.39, 0.29) is 10.7 Å². The summed E-state index contributed by atoms with van der Waals surface area (Å²) in [6.07, 6.45) is -1.14. The number of nitrogens with zero attached hydrogens (tertiary/aromatic N) is 1. The molecule has 0 bridgehead atoms. The van der Waals surface area contributed by atoms with Gasteiger partial charge in [-0.2, -0.15) is 18.3 Å². The van der Waals surface area contributed by atoms with Crippen LogP contribution in [0.2, 0.25) is 5.02 Å². The maximum absolute atomic E-state index is 12.7. The number of hydrogen-bond acceptors (Lipinski definition) is 2. The lowest BCUT2D eigenvalue weighted by Crippen LogP contribution is -2.05. The van der Waals surface area contributed by atoms with Gasteiger partial charge in [0.05, 0.1) is 22.5 Å². The van der Waals surface area contributed by atoms with Gasteiger partial charge in [0.25, 0.3) is 0 Å². The maximum atomic E-state index is 12.7. The molecule has 2 aromatic carbocycles. The molecule has 0 saturated heterocycles. The summed E-state index contributed by atoms with van der Waals surface area (Å²) in [5, 5.41) is 5.10. The molecule has 0 aliphatic carbocycles. The quantitative estimate of drug-likeness (QED) is 0.495. The Hall–Kier alpha value is -2.47. The topological polar surface area (TPSA) is 40.2 Å². The van der Waals surface area contributed by atoms with E-state index in [2.05, 4.69) is 15.5 Å². The van der Waals surface area contributed by atoms with E-state index in [1.165, 1.54) is 12.3 Å². The number of hydrazone groups is 1. The van der Waals surface area contributed by atoms with Crippen LogP contribution in [-0.4, -0.2) is 11.2 Å². The van der Waals surface area contributed by atoms with Crippen molar-refractivity contribution in [2.45, 2.75) is 6.18 Å². The highest BCUT2D eigenvalue weighted by Crippen LogP contribution is 2.33. The van der Waals surface area contributed by atoms with Crippen molar-refractivity contribution >= 4 is 34.4 Å². The molecule has 0 amide bonds. The van der Waals surface area contributed by atoms with Gasteiger partial charge in [0.2, 0.25) is 0 Å². The van der Waals surface area contributed by atoms with E-state index < -0.39 is 11.7 Å². The highest BCUT2D eigenvalue weighted by Gasteiger charge is 2.30. The average Bonchev–Trinajstić information content (AvgIpc) is 2.91. The fourth-order valence-electron chi connectivity index (χ4n) is 2.16. The van der Waals surface area contributed by atoms with Gasteiger partial charge >= 0.3 is 6.18 Å². The molecule has 118 valence electrons. The third-order valence-corrected chi connectivity index (χ3v) is 3.63. The first-order chi connectivity index (χ1) is 10.9. The second kappa shape index (κ2) is 5.96. The minimum absolute atomic E-state index is 0.0950. The lowest BCUT2D eigenvalue weighted by atomic mass is 10.2. The Kier molecular flexibility index (Phi) is 4.00. The summed E-state index contributed by atoms with van der Waals surface area (Å²) in [4.78, 5) is 3.08. The van der Waals surface area contributed by atoms with Crippen LogP contribution in [0.25, 0.3) is 10.9 Å². The minimum atomic E-state index is -4.43. The van der Waals surface area contributed by atoms with E-state index in [1.54, 1.807) is 6.20 Å². The summed E-state index contributed by atoms with van der Waals surface area (Å²) in [7, 11) is 0. The molecule has 0 saturated carbocycles. The van der Waals surface area contributed by atoms with E-state index in [0.717, 1.165) is 28.6 Å². The molecule has 0 fully saturated rings. The molecule has 0 aliphatic rings. The second-order valence-corrected chi connectivity index (χ2v) is 5.26. The standard InChI is InChI=1S/C16H11ClF3N3/c17-13-6-5-11(16(18,19)20)7-15(13)23-22-9-10-8-21-14-4-2-1-3-12(10)14/h1-9,21,23H. The third-order valence-electron chi connectivity index (χ3n) is 3.30. The number of fused-ring (bicyclic) bond motifs is 1. The van der Waals surface area contributed by atoms with Gasteiger partial charge in [-0.25, -0.2) is 0 Å². The predicted octanol–water partition coefficient (Wildman–Crippen LogP) is 5.29. The number of aromatic nitrogens is 1. The van der Waals surface area contributed by atoms with Crippen molar-refractivity contribution < 1.29 is 13.2 Å². The van der Waals surface area contributed by atoms with Crippen LogP contribution >= 0.6 is 11.6 Å². The fraction of sp³-hybridized carbons (Fsp3) is 0.0625. The maximum Gasteiger partial charge on any atom is 0.416 e. The smallest absolute Gasteiger partial charge is 0.361 e. The van der Waals surface area contributed by atoms with Crippen LogP contribution in [-0.2, 0) is 6.18 Å². The van der Waals surface area contributed by atoms with Crippen LogP contribution in [0.3, 0.4) is 0 Å². The summed E-state index contributed by atoms with van der Waals surface area (Å²) >= 11 is 5.89. The zero-order valence-electron chi connectivity index (χ0n) is 11.7. The van der Waals surface area contributed by atoms with Crippen molar-refractivity contribution in [1.82, 2.24) is 4.98 Å². The Morgan fingerprint density at radius 3 is 2.70 bits per heavy atom. The van der Waals surface area contributed by atoms with E-state index in [1.807, 2.05) is 24.3 Å². The van der Waals surface area contributed by atoms with Gasteiger partial charge in [-0.1, -0.05) is 29.8 Å². The Balaban J connectivity index is 1.83. The Morgan fingerprint density at radius 2 is 1.91 bits per heavy atom. The first-order valence-electron chi connectivity index (χ1n) is 6.67. The van der Waals surface area contributed by atoms with Crippen LogP contribution in [0.1, 0.15) is 11.1 Å².